The van der Waals surface area contributed by atoms with Crippen molar-refractivity contribution in [2.45, 2.75) is 38.3 Å². The zero-order valence-electron chi connectivity index (χ0n) is 17.2. The summed E-state index contributed by atoms with van der Waals surface area (Å²) in [6.07, 6.45) is 6.59. The van der Waals surface area contributed by atoms with E-state index in [9.17, 15) is 4.79 Å². The number of carbonyl (C=O) groups is 1. The van der Waals surface area contributed by atoms with E-state index < -0.39 is 0 Å². The van der Waals surface area contributed by atoms with Crippen molar-refractivity contribution in [3.05, 3.63) is 42.1 Å². The van der Waals surface area contributed by atoms with Gasteiger partial charge in [-0.2, -0.15) is 5.10 Å². The summed E-state index contributed by atoms with van der Waals surface area (Å²) >= 11 is 0. The Morgan fingerprint density at radius 3 is 2.45 bits per heavy atom. The predicted octanol–water partition coefficient (Wildman–Crippen LogP) is 2.76. The van der Waals surface area contributed by atoms with Crippen LogP contribution in [0.5, 0.6) is 5.75 Å². The molecule has 156 valence electrons. The number of aromatic nitrogens is 2. The summed E-state index contributed by atoms with van der Waals surface area (Å²) in [6.45, 7) is 5.13. The number of methoxy groups -OCH3 is 1. The number of rotatable bonds is 7. The third-order valence-electron chi connectivity index (χ3n) is 6.01. The van der Waals surface area contributed by atoms with E-state index in [4.69, 9.17) is 4.74 Å². The fourth-order valence-electron chi connectivity index (χ4n) is 4.33. The fourth-order valence-corrected chi connectivity index (χ4v) is 4.33. The van der Waals surface area contributed by atoms with E-state index >= 15 is 0 Å². The molecule has 1 aromatic heterocycles. The van der Waals surface area contributed by atoms with Gasteiger partial charge in [0, 0.05) is 38.8 Å². The van der Waals surface area contributed by atoms with Crippen LogP contribution in [-0.4, -0.2) is 65.3 Å². The Labute approximate surface area is 172 Å². The van der Waals surface area contributed by atoms with Gasteiger partial charge in [0.05, 0.1) is 25.9 Å². The van der Waals surface area contributed by atoms with E-state index in [1.807, 2.05) is 22.9 Å². The number of amides is 1. The van der Waals surface area contributed by atoms with Crippen LogP contribution in [0.25, 0.3) is 0 Å². The number of benzene rings is 1. The molecule has 0 spiro atoms. The van der Waals surface area contributed by atoms with Gasteiger partial charge in [-0.15, -0.1) is 0 Å². The van der Waals surface area contributed by atoms with E-state index in [1.165, 1.54) is 18.4 Å². The van der Waals surface area contributed by atoms with Crippen molar-refractivity contribution in [1.29, 1.82) is 0 Å². The van der Waals surface area contributed by atoms with E-state index in [-0.39, 0.29) is 5.91 Å². The van der Waals surface area contributed by atoms with Gasteiger partial charge in [-0.05, 0) is 30.5 Å². The maximum atomic E-state index is 12.6. The Kier molecular flexibility index (Phi) is 6.46. The quantitative estimate of drug-likeness (QED) is 0.778. The Hall–Kier alpha value is -2.38. The predicted molar refractivity (Wildman–Crippen MR) is 113 cm³/mol. The first-order chi connectivity index (χ1) is 14.2. The fraction of sp³-hybridized carbons (Fsp3) is 0.545. The summed E-state index contributed by atoms with van der Waals surface area (Å²) < 4.78 is 7.22. The van der Waals surface area contributed by atoms with Crippen LogP contribution in [0.3, 0.4) is 0 Å². The molecule has 1 aliphatic heterocycles. The number of piperazine rings is 1. The standard InChI is InChI=1S/C22H31N5O2/c1-29-20-8-6-18(7-9-20)16-25-12-14-26(15-13-25)17-22(28)24-21-10-11-23-27(21)19-4-2-3-5-19/h6-11,19H,2-5,12-17H2,1H3,(H,24,28). The van der Waals surface area contributed by atoms with Gasteiger partial charge in [0.25, 0.3) is 0 Å². The summed E-state index contributed by atoms with van der Waals surface area (Å²) in [5.74, 6) is 1.77. The average molecular weight is 398 g/mol. The zero-order chi connectivity index (χ0) is 20.1. The molecule has 29 heavy (non-hydrogen) atoms. The molecular weight excluding hydrogens is 366 g/mol. The van der Waals surface area contributed by atoms with E-state index in [2.05, 4.69) is 32.3 Å². The van der Waals surface area contributed by atoms with Crippen LogP contribution in [0.15, 0.2) is 36.5 Å². The molecule has 2 aliphatic rings. The van der Waals surface area contributed by atoms with E-state index in [1.54, 1.807) is 13.3 Å². The lowest BCUT2D eigenvalue weighted by molar-refractivity contribution is -0.117. The minimum Gasteiger partial charge on any atom is -0.497 e. The van der Waals surface area contributed by atoms with Gasteiger partial charge in [-0.25, -0.2) is 4.68 Å². The SMILES string of the molecule is COc1ccc(CN2CCN(CC(=O)Nc3ccnn3C3CCCC3)CC2)cc1. The lowest BCUT2D eigenvalue weighted by atomic mass is 10.2. The Morgan fingerprint density at radius 2 is 1.76 bits per heavy atom. The second kappa shape index (κ2) is 9.41. The number of hydrogen-bond acceptors (Lipinski definition) is 5. The van der Waals surface area contributed by atoms with Crippen LogP contribution >= 0.6 is 0 Å². The van der Waals surface area contributed by atoms with Crippen molar-refractivity contribution >= 4 is 11.7 Å². The minimum absolute atomic E-state index is 0.0494. The molecule has 1 saturated heterocycles. The van der Waals surface area contributed by atoms with Gasteiger partial charge >= 0.3 is 0 Å². The first-order valence-corrected chi connectivity index (χ1v) is 10.6. The van der Waals surface area contributed by atoms with Crippen molar-refractivity contribution in [2.75, 3.05) is 45.2 Å². The van der Waals surface area contributed by atoms with Crippen LogP contribution in [0.4, 0.5) is 5.82 Å². The van der Waals surface area contributed by atoms with Crippen molar-refractivity contribution in [2.24, 2.45) is 0 Å². The molecule has 2 heterocycles. The highest BCUT2D eigenvalue weighted by Crippen LogP contribution is 2.31. The molecule has 0 unspecified atom stereocenters. The zero-order valence-corrected chi connectivity index (χ0v) is 17.2. The van der Waals surface area contributed by atoms with Crippen LogP contribution in [0, 0.1) is 0 Å². The molecule has 7 nitrogen and oxygen atoms in total. The van der Waals surface area contributed by atoms with Gasteiger partial charge in [0.2, 0.25) is 5.91 Å². The number of nitrogens with zero attached hydrogens (tertiary/aromatic N) is 4. The van der Waals surface area contributed by atoms with Gasteiger partial charge < -0.3 is 10.1 Å². The van der Waals surface area contributed by atoms with Gasteiger partial charge in [-0.3, -0.25) is 14.6 Å². The van der Waals surface area contributed by atoms with Crippen molar-refractivity contribution in [3.63, 3.8) is 0 Å². The molecule has 7 heteroatoms. The van der Waals surface area contributed by atoms with Crippen LogP contribution < -0.4 is 10.1 Å². The molecule has 0 atom stereocenters. The topological polar surface area (TPSA) is 62.6 Å². The number of hydrogen-bond donors (Lipinski definition) is 1. The maximum absolute atomic E-state index is 12.6. The number of ether oxygens (including phenoxy) is 1. The van der Waals surface area contributed by atoms with Crippen molar-refractivity contribution in [1.82, 2.24) is 19.6 Å². The molecular formula is C22H31N5O2. The largest absolute Gasteiger partial charge is 0.497 e. The molecule has 2 aromatic rings. The Bertz CT molecular complexity index is 790. The molecule has 1 aliphatic carbocycles. The highest BCUT2D eigenvalue weighted by Gasteiger charge is 2.22. The van der Waals surface area contributed by atoms with Crippen molar-refractivity contribution < 1.29 is 9.53 Å². The summed E-state index contributed by atoms with van der Waals surface area (Å²) in [4.78, 5) is 17.2. The van der Waals surface area contributed by atoms with Crippen LogP contribution in [0.2, 0.25) is 0 Å². The first kappa shape index (κ1) is 19.9. The monoisotopic (exact) mass is 397 g/mol. The normalized spacial score (nSPS) is 18.8. The smallest absolute Gasteiger partial charge is 0.239 e. The summed E-state index contributed by atoms with van der Waals surface area (Å²) in [7, 11) is 1.69. The molecule has 1 amide bonds. The van der Waals surface area contributed by atoms with Crippen LogP contribution in [-0.2, 0) is 11.3 Å². The molecule has 1 saturated carbocycles. The molecule has 0 bridgehead atoms. The minimum atomic E-state index is 0.0494. The van der Waals surface area contributed by atoms with E-state index in [0.717, 1.165) is 57.1 Å². The third kappa shape index (κ3) is 5.16. The van der Waals surface area contributed by atoms with Gasteiger partial charge in [-0.1, -0.05) is 25.0 Å². The van der Waals surface area contributed by atoms with Gasteiger partial charge in [0.15, 0.2) is 0 Å². The third-order valence-corrected chi connectivity index (χ3v) is 6.01. The molecule has 2 fully saturated rings. The number of anilines is 1. The Morgan fingerprint density at radius 1 is 1.07 bits per heavy atom. The second-order valence-electron chi connectivity index (χ2n) is 8.05. The summed E-state index contributed by atoms with van der Waals surface area (Å²) in [5.41, 5.74) is 1.29. The maximum Gasteiger partial charge on any atom is 0.239 e. The number of nitrogens with one attached hydrogen (secondary N) is 1. The van der Waals surface area contributed by atoms with Gasteiger partial charge in [0.1, 0.15) is 11.6 Å². The molecule has 1 aromatic carbocycles. The van der Waals surface area contributed by atoms with Crippen molar-refractivity contribution in [3.8, 4) is 5.75 Å². The molecule has 4 rings (SSSR count). The molecule has 0 radical (unpaired) electrons. The second-order valence-corrected chi connectivity index (χ2v) is 8.05. The molecule has 1 N–H and O–H groups in total. The summed E-state index contributed by atoms with van der Waals surface area (Å²) in [5, 5.41) is 7.50. The lowest BCUT2D eigenvalue weighted by Gasteiger charge is -2.34. The van der Waals surface area contributed by atoms with Crippen LogP contribution in [0.1, 0.15) is 37.3 Å². The highest BCUT2D eigenvalue weighted by molar-refractivity contribution is 5.91. The first-order valence-electron chi connectivity index (χ1n) is 10.6. The highest BCUT2D eigenvalue weighted by atomic mass is 16.5. The average Bonchev–Trinajstić information content (AvgIpc) is 3.42. The summed E-state index contributed by atoms with van der Waals surface area (Å²) in [6, 6.07) is 10.6. The number of carbonyl (C=O) groups excluding carboxylic acids is 1. The lowest BCUT2D eigenvalue weighted by Crippen LogP contribution is -2.48. The Balaban J connectivity index is 1.22. The van der Waals surface area contributed by atoms with E-state index in [0.29, 0.717) is 12.6 Å².